The Bertz CT molecular complexity index is 450. The third kappa shape index (κ3) is 4.62. The maximum absolute atomic E-state index is 12.1. The van der Waals surface area contributed by atoms with Crippen LogP contribution in [-0.4, -0.2) is 49.9 Å². The molecule has 1 heterocycles. The number of halogens is 1. The summed E-state index contributed by atoms with van der Waals surface area (Å²) < 4.78 is 13.3. The largest absolute Gasteiger partial charge is 0.481 e. The molecule has 1 unspecified atom stereocenters. The Kier molecular flexibility index (Phi) is 5.37. The van der Waals surface area contributed by atoms with Gasteiger partial charge >= 0.3 is 11.9 Å². The Morgan fingerprint density at radius 1 is 1.42 bits per heavy atom. The molecule has 0 spiro atoms. The summed E-state index contributed by atoms with van der Waals surface area (Å²) in [5.74, 6) is -3.38. The summed E-state index contributed by atoms with van der Waals surface area (Å²) in [7, 11) is 0. The van der Waals surface area contributed by atoms with Gasteiger partial charge in [-0.2, -0.15) is 0 Å². The van der Waals surface area contributed by atoms with E-state index in [0.29, 0.717) is 5.69 Å². The minimum absolute atomic E-state index is 0.00258. The molecule has 0 amide bonds. The SMILES string of the molecule is N[C@@H](CC(Cc1cn(CCF)nn1)C(=O)O)C(=O)O. The van der Waals surface area contributed by atoms with Crippen LogP contribution in [0.1, 0.15) is 12.1 Å². The van der Waals surface area contributed by atoms with Crippen LogP contribution in [0, 0.1) is 5.92 Å². The van der Waals surface area contributed by atoms with Crippen LogP contribution < -0.4 is 5.73 Å². The van der Waals surface area contributed by atoms with E-state index in [1.165, 1.54) is 10.9 Å². The third-order valence-corrected chi connectivity index (χ3v) is 2.56. The average molecular weight is 274 g/mol. The van der Waals surface area contributed by atoms with Gasteiger partial charge in [0.1, 0.15) is 12.7 Å². The highest BCUT2D eigenvalue weighted by molar-refractivity contribution is 5.75. The molecule has 4 N–H and O–H groups in total. The fraction of sp³-hybridized carbons (Fsp3) is 0.600. The van der Waals surface area contributed by atoms with Crippen molar-refractivity contribution in [1.29, 1.82) is 0 Å². The monoisotopic (exact) mass is 274 g/mol. The lowest BCUT2D eigenvalue weighted by Crippen LogP contribution is -2.35. The molecule has 0 aliphatic heterocycles. The van der Waals surface area contributed by atoms with Crippen LogP contribution in [-0.2, 0) is 22.6 Å². The van der Waals surface area contributed by atoms with Crippen LogP contribution in [0.2, 0.25) is 0 Å². The molecule has 2 atom stereocenters. The number of carboxylic acids is 2. The average Bonchev–Trinajstić information content (AvgIpc) is 2.76. The summed E-state index contributed by atoms with van der Waals surface area (Å²) in [5, 5.41) is 25.0. The Hall–Kier alpha value is -2.03. The Morgan fingerprint density at radius 2 is 2.11 bits per heavy atom. The third-order valence-electron chi connectivity index (χ3n) is 2.56. The van der Waals surface area contributed by atoms with Crippen molar-refractivity contribution in [1.82, 2.24) is 15.0 Å². The second-order valence-corrected chi connectivity index (χ2v) is 4.08. The highest BCUT2D eigenvalue weighted by atomic mass is 19.1. The van der Waals surface area contributed by atoms with Gasteiger partial charge in [0.05, 0.1) is 18.2 Å². The molecule has 0 bridgehead atoms. The number of nitrogens with two attached hydrogens (primary N) is 1. The maximum atomic E-state index is 12.1. The molecule has 1 rings (SSSR count). The van der Waals surface area contributed by atoms with Crippen molar-refractivity contribution in [3.8, 4) is 0 Å². The molecule has 1 aromatic rings. The topological polar surface area (TPSA) is 131 Å². The smallest absolute Gasteiger partial charge is 0.320 e. The molecule has 8 nitrogen and oxygen atoms in total. The number of rotatable bonds is 8. The van der Waals surface area contributed by atoms with E-state index < -0.39 is 30.6 Å². The zero-order chi connectivity index (χ0) is 14.4. The number of aromatic nitrogens is 3. The van der Waals surface area contributed by atoms with Gasteiger partial charge in [-0.15, -0.1) is 5.10 Å². The van der Waals surface area contributed by atoms with Gasteiger partial charge in [0.25, 0.3) is 0 Å². The second kappa shape index (κ2) is 6.78. The molecule has 106 valence electrons. The van der Waals surface area contributed by atoms with Crippen molar-refractivity contribution in [3.63, 3.8) is 0 Å². The number of hydrogen-bond donors (Lipinski definition) is 3. The van der Waals surface area contributed by atoms with Crippen molar-refractivity contribution in [2.24, 2.45) is 11.7 Å². The molecule has 0 aliphatic carbocycles. The van der Waals surface area contributed by atoms with Gasteiger partial charge in [0, 0.05) is 12.6 Å². The number of aliphatic carboxylic acids is 2. The standard InChI is InChI=1S/C10H15FN4O4/c11-1-2-15-5-7(13-14-15)3-6(9(16)17)4-8(12)10(18)19/h5-6,8H,1-4,12H2,(H,16,17)(H,18,19)/t6?,8-/m0/s1. The Labute approximate surface area is 108 Å². The van der Waals surface area contributed by atoms with Gasteiger partial charge in [-0.25, -0.2) is 9.07 Å². The van der Waals surface area contributed by atoms with Crippen LogP contribution in [0.4, 0.5) is 4.39 Å². The fourth-order valence-electron chi connectivity index (χ4n) is 1.56. The molecule has 0 saturated carbocycles. The van der Waals surface area contributed by atoms with Gasteiger partial charge in [-0.3, -0.25) is 9.59 Å². The maximum Gasteiger partial charge on any atom is 0.320 e. The van der Waals surface area contributed by atoms with E-state index in [0.717, 1.165) is 0 Å². The van der Waals surface area contributed by atoms with Gasteiger partial charge in [-0.1, -0.05) is 5.21 Å². The van der Waals surface area contributed by atoms with E-state index in [2.05, 4.69) is 10.3 Å². The molecular weight excluding hydrogens is 259 g/mol. The zero-order valence-corrected chi connectivity index (χ0v) is 10.1. The number of carboxylic acid groups (broad SMARTS) is 2. The van der Waals surface area contributed by atoms with Crippen LogP contribution in [0.5, 0.6) is 0 Å². The summed E-state index contributed by atoms with van der Waals surface area (Å²) in [5.41, 5.74) is 5.67. The fourth-order valence-corrected chi connectivity index (χ4v) is 1.56. The molecule has 0 fully saturated rings. The summed E-state index contributed by atoms with van der Waals surface area (Å²) in [6, 6.07) is -1.25. The van der Waals surface area contributed by atoms with Crippen molar-refractivity contribution in [3.05, 3.63) is 11.9 Å². The van der Waals surface area contributed by atoms with Crippen molar-refractivity contribution in [2.45, 2.75) is 25.4 Å². The predicted molar refractivity (Wildman–Crippen MR) is 61.1 cm³/mol. The zero-order valence-electron chi connectivity index (χ0n) is 10.1. The molecule has 0 radical (unpaired) electrons. The molecular formula is C10H15FN4O4. The molecule has 0 aliphatic rings. The first-order valence-electron chi connectivity index (χ1n) is 5.60. The summed E-state index contributed by atoms with van der Waals surface area (Å²) in [6.07, 6.45) is 1.23. The van der Waals surface area contributed by atoms with E-state index in [1.54, 1.807) is 0 Å². The lowest BCUT2D eigenvalue weighted by atomic mass is 9.96. The number of alkyl halides is 1. The quantitative estimate of drug-likeness (QED) is 0.570. The highest BCUT2D eigenvalue weighted by Gasteiger charge is 2.25. The van der Waals surface area contributed by atoms with Crippen molar-refractivity contribution in [2.75, 3.05) is 6.67 Å². The molecule has 1 aromatic heterocycles. The van der Waals surface area contributed by atoms with Crippen LogP contribution in [0.15, 0.2) is 6.20 Å². The van der Waals surface area contributed by atoms with E-state index >= 15 is 0 Å². The van der Waals surface area contributed by atoms with Gasteiger partial charge in [0.2, 0.25) is 0 Å². The van der Waals surface area contributed by atoms with E-state index in [1.807, 2.05) is 0 Å². The second-order valence-electron chi connectivity index (χ2n) is 4.08. The van der Waals surface area contributed by atoms with Crippen LogP contribution in [0.3, 0.4) is 0 Å². The highest BCUT2D eigenvalue weighted by Crippen LogP contribution is 2.13. The summed E-state index contributed by atoms with van der Waals surface area (Å²) in [6.45, 7) is -0.561. The normalized spacial score (nSPS) is 14.0. The first-order chi connectivity index (χ1) is 8.93. The van der Waals surface area contributed by atoms with E-state index in [-0.39, 0.29) is 19.4 Å². The predicted octanol–water partition coefficient (Wildman–Crippen LogP) is -0.707. The lowest BCUT2D eigenvalue weighted by molar-refractivity contribution is -0.143. The molecule has 0 saturated heterocycles. The van der Waals surface area contributed by atoms with Crippen molar-refractivity contribution >= 4 is 11.9 Å². The first-order valence-corrected chi connectivity index (χ1v) is 5.60. The minimum Gasteiger partial charge on any atom is -0.481 e. The molecule has 19 heavy (non-hydrogen) atoms. The van der Waals surface area contributed by atoms with Crippen LogP contribution >= 0.6 is 0 Å². The number of hydrogen-bond acceptors (Lipinski definition) is 5. The van der Waals surface area contributed by atoms with E-state index in [4.69, 9.17) is 15.9 Å². The lowest BCUT2D eigenvalue weighted by Gasteiger charge is -2.13. The summed E-state index contributed by atoms with van der Waals surface area (Å²) in [4.78, 5) is 21.6. The van der Waals surface area contributed by atoms with Crippen LogP contribution in [0.25, 0.3) is 0 Å². The Morgan fingerprint density at radius 3 is 2.63 bits per heavy atom. The van der Waals surface area contributed by atoms with Gasteiger partial charge < -0.3 is 15.9 Å². The summed E-state index contributed by atoms with van der Waals surface area (Å²) >= 11 is 0. The number of nitrogens with zero attached hydrogens (tertiary/aromatic N) is 3. The first kappa shape index (κ1) is 15.0. The molecule has 9 heteroatoms. The van der Waals surface area contributed by atoms with Crippen molar-refractivity contribution < 1.29 is 24.2 Å². The molecule has 0 aromatic carbocycles. The van der Waals surface area contributed by atoms with Gasteiger partial charge in [-0.05, 0) is 6.42 Å². The van der Waals surface area contributed by atoms with Gasteiger partial charge in [0.15, 0.2) is 0 Å². The minimum atomic E-state index is -1.26. The number of carbonyl (C=O) groups is 2. The number of aryl methyl sites for hydroxylation is 1. The Balaban J connectivity index is 2.67. The van der Waals surface area contributed by atoms with E-state index in [9.17, 15) is 14.0 Å².